The molecular weight excluding hydrogens is 244 g/mol. The van der Waals surface area contributed by atoms with E-state index >= 15 is 0 Å². The smallest absolute Gasteiger partial charge is 0.239 e. The van der Waals surface area contributed by atoms with Gasteiger partial charge in [0.25, 0.3) is 0 Å². The summed E-state index contributed by atoms with van der Waals surface area (Å²) < 4.78 is 0. The molecule has 5 nitrogen and oxygen atoms in total. The second-order valence-corrected chi connectivity index (χ2v) is 6.38. The molecule has 2 atom stereocenters. The van der Waals surface area contributed by atoms with E-state index in [-0.39, 0.29) is 30.8 Å². The summed E-state index contributed by atoms with van der Waals surface area (Å²) in [5.74, 6) is -0.366. The van der Waals surface area contributed by atoms with E-state index < -0.39 is 11.0 Å². The molecule has 2 amide bonds. The van der Waals surface area contributed by atoms with Crippen LogP contribution < -0.4 is 10.6 Å². The summed E-state index contributed by atoms with van der Waals surface area (Å²) in [6.07, 6.45) is 0.837. The first kappa shape index (κ1) is 17.9. The number of amides is 2. The van der Waals surface area contributed by atoms with Crippen molar-refractivity contribution in [2.24, 2.45) is 11.3 Å². The number of hydrogen-bond donors (Lipinski definition) is 3. The van der Waals surface area contributed by atoms with Gasteiger partial charge >= 0.3 is 0 Å². The number of hydrogen-bond acceptors (Lipinski definition) is 3. The van der Waals surface area contributed by atoms with Crippen molar-refractivity contribution in [2.45, 2.75) is 53.6 Å². The van der Waals surface area contributed by atoms with E-state index in [4.69, 9.17) is 0 Å². The predicted octanol–water partition coefficient (Wildman–Crippen LogP) is 1.06. The minimum absolute atomic E-state index is 0.0628. The Bertz CT molecular complexity index is 319. The van der Waals surface area contributed by atoms with Crippen LogP contribution in [0.5, 0.6) is 0 Å². The molecular formula is C14H28N2O3. The van der Waals surface area contributed by atoms with E-state index in [1.165, 1.54) is 0 Å². The summed E-state index contributed by atoms with van der Waals surface area (Å²) in [7, 11) is 0. The Labute approximate surface area is 116 Å². The van der Waals surface area contributed by atoms with E-state index in [2.05, 4.69) is 10.6 Å². The molecule has 5 heteroatoms. The van der Waals surface area contributed by atoms with Crippen LogP contribution in [0, 0.1) is 11.3 Å². The van der Waals surface area contributed by atoms with Gasteiger partial charge in [0.05, 0.1) is 12.1 Å². The maximum Gasteiger partial charge on any atom is 0.239 e. The van der Waals surface area contributed by atoms with E-state index in [9.17, 15) is 14.7 Å². The van der Waals surface area contributed by atoms with E-state index in [1.807, 2.05) is 13.8 Å². The lowest BCUT2D eigenvalue weighted by molar-refractivity contribution is -0.131. The van der Waals surface area contributed by atoms with Crippen LogP contribution in [0.2, 0.25) is 0 Å². The monoisotopic (exact) mass is 272 g/mol. The summed E-state index contributed by atoms with van der Waals surface area (Å²) in [6, 6.07) is 0. The van der Waals surface area contributed by atoms with Gasteiger partial charge < -0.3 is 15.7 Å². The van der Waals surface area contributed by atoms with Crippen molar-refractivity contribution in [2.75, 3.05) is 13.1 Å². The molecule has 0 saturated heterocycles. The highest BCUT2D eigenvalue weighted by Crippen LogP contribution is 2.18. The number of nitrogens with one attached hydrogen (secondary N) is 2. The van der Waals surface area contributed by atoms with Crippen LogP contribution in [-0.2, 0) is 9.59 Å². The zero-order chi connectivity index (χ0) is 15.3. The SMILES string of the molecule is CCC(C)C(C)(O)CNC(=O)CNC(=O)C(C)(C)C. The molecule has 0 bridgehead atoms. The van der Waals surface area contributed by atoms with Crippen molar-refractivity contribution in [3.8, 4) is 0 Å². The Morgan fingerprint density at radius 1 is 1.16 bits per heavy atom. The van der Waals surface area contributed by atoms with Gasteiger partial charge in [-0.15, -0.1) is 0 Å². The van der Waals surface area contributed by atoms with Gasteiger partial charge in [-0.1, -0.05) is 41.0 Å². The van der Waals surface area contributed by atoms with Gasteiger partial charge in [0.15, 0.2) is 0 Å². The summed E-state index contributed by atoms with van der Waals surface area (Å²) in [5, 5.41) is 15.3. The van der Waals surface area contributed by atoms with Gasteiger partial charge in [0.2, 0.25) is 11.8 Å². The molecule has 3 N–H and O–H groups in total. The van der Waals surface area contributed by atoms with Crippen LogP contribution >= 0.6 is 0 Å². The minimum atomic E-state index is -0.932. The zero-order valence-electron chi connectivity index (χ0n) is 13.0. The molecule has 112 valence electrons. The summed E-state index contributed by atoms with van der Waals surface area (Å²) in [4.78, 5) is 23.2. The molecule has 19 heavy (non-hydrogen) atoms. The van der Waals surface area contributed by atoms with E-state index in [0.29, 0.717) is 0 Å². The van der Waals surface area contributed by atoms with Gasteiger partial charge in [-0.2, -0.15) is 0 Å². The van der Waals surface area contributed by atoms with Gasteiger partial charge in [-0.25, -0.2) is 0 Å². The second kappa shape index (κ2) is 6.89. The summed E-state index contributed by atoms with van der Waals surface area (Å²) in [5.41, 5.74) is -1.44. The third kappa shape index (κ3) is 6.57. The quantitative estimate of drug-likeness (QED) is 0.676. The van der Waals surface area contributed by atoms with Crippen molar-refractivity contribution >= 4 is 11.8 Å². The molecule has 0 rings (SSSR count). The van der Waals surface area contributed by atoms with Crippen LogP contribution in [0.15, 0.2) is 0 Å². The third-order valence-corrected chi connectivity index (χ3v) is 3.41. The average molecular weight is 272 g/mol. The standard InChI is InChI=1S/C14H28N2O3/c1-7-10(2)14(6,19)9-16-11(17)8-15-12(18)13(3,4)5/h10,19H,7-9H2,1-6H3,(H,15,18)(H,16,17). The molecule has 0 radical (unpaired) electrons. The Kier molecular flexibility index (Phi) is 6.49. The molecule has 0 spiro atoms. The lowest BCUT2D eigenvalue weighted by atomic mass is 9.89. The maximum absolute atomic E-state index is 11.6. The number of rotatable bonds is 6. The predicted molar refractivity (Wildman–Crippen MR) is 75.6 cm³/mol. The lowest BCUT2D eigenvalue weighted by Gasteiger charge is -2.29. The molecule has 0 aromatic rings. The van der Waals surface area contributed by atoms with Crippen molar-refractivity contribution in [1.29, 1.82) is 0 Å². The third-order valence-electron chi connectivity index (χ3n) is 3.41. The lowest BCUT2D eigenvalue weighted by Crippen LogP contribution is -2.48. The first-order valence-corrected chi connectivity index (χ1v) is 6.78. The first-order chi connectivity index (χ1) is 8.50. The van der Waals surface area contributed by atoms with Crippen LogP contribution in [0.25, 0.3) is 0 Å². The zero-order valence-corrected chi connectivity index (χ0v) is 13.0. The molecule has 0 heterocycles. The Morgan fingerprint density at radius 2 is 1.68 bits per heavy atom. The number of carbonyl (C=O) groups is 2. The fraction of sp³-hybridized carbons (Fsp3) is 0.857. The average Bonchev–Trinajstić information content (AvgIpc) is 2.30. The molecule has 0 aromatic heterocycles. The van der Waals surface area contributed by atoms with E-state index in [1.54, 1.807) is 27.7 Å². The Balaban J connectivity index is 4.11. The maximum atomic E-state index is 11.6. The first-order valence-electron chi connectivity index (χ1n) is 6.78. The number of carbonyl (C=O) groups excluding carboxylic acids is 2. The van der Waals surface area contributed by atoms with Crippen LogP contribution in [0.3, 0.4) is 0 Å². The fourth-order valence-corrected chi connectivity index (χ4v) is 1.38. The molecule has 2 unspecified atom stereocenters. The second-order valence-electron chi connectivity index (χ2n) is 6.38. The number of aliphatic hydroxyl groups is 1. The molecule has 0 saturated carbocycles. The molecule has 0 aromatic carbocycles. The highest BCUT2D eigenvalue weighted by Gasteiger charge is 2.27. The minimum Gasteiger partial charge on any atom is -0.388 e. The Hall–Kier alpha value is -1.10. The van der Waals surface area contributed by atoms with Crippen molar-refractivity contribution in [1.82, 2.24) is 10.6 Å². The van der Waals surface area contributed by atoms with Crippen LogP contribution in [0.4, 0.5) is 0 Å². The van der Waals surface area contributed by atoms with Crippen molar-refractivity contribution < 1.29 is 14.7 Å². The fourth-order valence-electron chi connectivity index (χ4n) is 1.38. The van der Waals surface area contributed by atoms with Crippen LogP contribution in [-0.4, -0.2) is 35.6 Å². The molecule has 0 fully saturated rings. The molecule has 0 aliphatic rings. The highest BCUT2D eigenvalue weighted by atomic mass is 16.3. The molecule has 0 aliphatic carbocycles. The Morgan fingerprint density at radius 3 is 2.11 bits per heavy atom. The van der Waals surface area contributed by atoms with Gasteiger partial charge in [-0.05, 0) is 12.8 Å². The largest absolute Gasteiger partial charge is 0.388 e. The summed E-state index contributed by atoms with van der Waals surface area (Å²) >= 11 is 0. The van der Waals surface area contributed by atoms with Crippen molar-refractivity contribution in [3.63, 3.8) is 0 Å². The van der Waals surface area contributed by atoms with Crippen molar-refractivity contribution in [3.05, 3.63) is 0 Å². The molecule has 0 aliphatic heterocycles. The topological polar surface area (TPSA) is 78.4 Å². The highest BCUT2D eigenvalue weighted by molar-refractivity contribution is 5.87. The normalized spacial score (nSPS) is 16.4. The van der Waals surface area contributed by atoms with Gasteiger partial charge in [0.1, 0.15) is 0 Å². The van der Waals surface area contributed by atoms with Gasteiger partial charge in [0, 0.05) is 12.0 Å². The summed E-state index contributed by atoms with van der Waals surface area (Å²) in [6.45, 7) is 11.1. The van der Waals surface area contributed by atoms with E-state index in [0.717, 1.165) is 6.42 Å². The van der Waals surface area contributed by atoms with Crippen LogP contribution in [0.1, 0.15) is 48.0 Å². The van der Waals surface area contributed by atoms with Gasteiger partial charge in [-0.3, -0.25) is 9.59 Å².